The summed E-state index contributed by atoms with van der Waals surface area (Å²) in [6.07, 6.45) is 2.00. The van der Waals surface area contributed by atoms with E-state index in [1.807, 2.05) is 0 Å². The standard InChI is InChI=1S/C20H21N3O6/c24-16-6-5-15(18(26)22-16)23-9-12-2-1-10(8-14(12)19(23)27)17(25)21-13-4-3-11(7-13)20(28)29/h1-2,8,11,13,15H,3-7,9H2,(H,21,25)(H,28,29)(H,22,24,26)/t11-,13+,15?/m1/s1. The van der Waals surface area contributed by atoms with E-state index in [0.717, 1.165) is 5.56 Å². The molecule has 1 aliphatic carbocycles. The summed E-state index contributed by atoms with van der Waals surface area (Å²) in [4.78, 5) is 61.3. The van der Waals surface area contributed by atoms with Crippen molar-refractivity contribution < 1.29 is 29.1 Å². The van der Waals surface area contributed by atoms with Crippen molar-refractivity contribution in [3.05, 3.63) is 34.9 Å². The molecular weight excluding hydrogens is 378 g/mol. The summed E-state index contributed by atoms with van der Waals surface area (Å²) in [5, 5.41) is 14.2. The molecule has 1 aromatic carbocycles. The molecule has 29 heavy (non-hydrogen) atoms. The van der Waals surface area contributed by atoms with Gasteiger partial charge in [-0.25, -0.2) is 0 Å². The van der Waals surface area contributed by atoms with E-state index in [2.05, 4.69) is 10.6 Å². The quantitative estimate of drug-likeness (QED) is 0.629. The van der Waals surface area contributed by atoms with Gasteiger partial charge >= 0.3 is 5.97 Å². The Morgan fingerprint density at radius 2 is 1.93 bits per heavy atom. The molecule has 1 unspecified atom stereocenters. The van der Waals surface area contributed by atoms with Crippen LogP contribution in [-0.2, 0) is 20.9 Å². The molecule has 2 heterocycles. The zero-order valence-corrected chi connectivity index (χ0v) is 15.6. The molecule has 1 saturated carbocycles. The van der Waals surface area contributed by atoms with E-state index in [9.17, 15) is 24.0 Å². The fourth-order valence-corrected chi connectivity index (χ4v) is 4.30. The number of nitrogens with one attached hydrogen (secondary N) is 2. The fourth-order valence-electron chi connectivity index (χ4n) is 4.30. The Kier molecular flexibility index (Phi) is 4.81. The smallest absolute Gasteiger partial charge is 0.306 e. The molecule has 152 valence electrons. The summed E-state index contributed by atoms with van der Waals surface area (Å²) in [6.45, 7) is 0.255. The monoisotopic (exact) mass is 399 g/mol. The largest absolute Gasteiger partial charge is 0.481 e. The molecule has 1 aromatic rings. The second-order valence-corrected chi connectivity index (χ2v) is 7.79. The van der Waals surface area contributed by atoms with E-state index in [0.29, 0.717) is 30.4 Å². The van der Waals surface area contributed by atoms with Gasteiger partial charge in [-0.2, -0.15) is 0 Å². The minimum absolute atomic E-state index is 0.183. The summed E-state index contributed by atoms with van der Waals surface area (Å²) in [5.41, 5.74) is 1.42. The SMILES string of the molecule is O=C1CCC(N2Cc3ccc(C(=O)N[C@H]4CC[C@@H](C(=O)O)C4)cc3C2=O)C(=O)N1. The molecule has 3 N–H and O–H groups in total. The van der Waals surface area contributed by atoms with Gasteiger partial charge in [-0.15, -0.1) is 0 Å². The molecule has 3 atom stereocenters. The predicted octanol–water partition coefficient (Wildman–Crippen LogP) is 0.431. The molecule has 1 saturated heterocycles. The van der Waals surface area contributed by atoms with Crippen LogP contribution in [0, 0.1) is 5.92 Å². The number of carboxylic acids is 1. The second-order valence-electron chi connectivity index (χ2n) is 7.79. The average molecular weight is 399 g/mol. The summed E-state index contributed by atoms with van der Waals surface area (Å²) in [5.74, 6) is -2.80. The molecule has 4 amide bonds. The van der Waals surface area contributed by atoms with Gasteiger partial charge in [0.25, 0.3) is 11.8 Å². The van der Waals surface area contributed by atoms with Crippen molar-refractivity contribution in [2.24, 2.45) is 5.92 Å². The highest BCUT2D eigenvalue weighted by molar-refractivity contribution is 6.06. The van der Waals surface area contributed by atoms with Crippen molar-refractivity contribution in [3.8, 4) is 0 Å². The van der Waals surface area contributed by atoms with Crippen LogP contribution in [0.25, 0.3) is 0 Å². The number of nitrogens with zero attached hydrogens (tertiary/aromatic N) is 1. The molecular formula is C20H21N3O6. The number of aliphatic carboxylic acids is 1. The van der Waals surface area contributed by atoms with Gasteiger partial charge in [-0.1, -0.05) is 6.07 Å². The zero-order chi connectivity index (χ0) is 20.7. The van der Waals surface area contributed by atoms with Crippen molar-refractivity contribution in [2.45, 2.75) is 50.7 Å². The van der Waals surface area contributed by atoms with Crippen LogP contribution in [0.5, 0.6) is 0 Å². The molecule has 0 bridgehead atoms. The average Bonchev–Trinajstić information content (AvgIpc) is 3.27. The number of fused-ring (bicyclic) bond motifs is 1. The molecule has 4 rings (SSSR count). The first-order chi connectivity index (χ1) is 13.8. The first-order valence-corrected chi connectivity index (χ1v) is 9.64. The third-order valence-corrected chi connectivity index (χ3v) is 5.91. The molecule has 0 spiro atoms. The third-order valence-electron chi connectivity index (χ3n) is 5.91. The number of amides is 4. The molecule has 2 fully saturated rings. The number of benzene rings is 1. The number of carboxylic acid groups (broad SMARTS) is 1. The van der Waals surface area contributed by atoms with Gasteiger partial charge < -0.3 is 15.3 Å². The number of carbonyl (C=O) groups excluding carboxylic acids is 4. The minimum Gasteiger partial charge on any atom is -0.481 e. The van der Waals surface area contributed by atoms with Crippen LogP contribution in [0.4, 0.5) is 0 Å². The van der Waals surface area contributed by atoms with Crippen molar-refractivity contribution in [1.29, 1.82) is 0 Å². The lowest BCUT2D eigenvalue weighted by Gasteiger charge is -2.29. The molecule has 0 radical (unpaired) electrons. The van der Waals surface area contributed by atoms with E-state index in [4.69, 9.17) is 5.11 Å². The van der Waals surface area contributed by atoms with Crippen molar-refractivity contribution >= 4 is 29.6 Å². The lowest BCUT2D eigenvalue weighted by Crippen LogP contribution is -2.52. The lowest BCUT2D eigenvalue weighted by molar-refractivity contribution is -0.141. The van der Waals surface area contributed by atoms with Crippen molar-refractivity contribution in [3.63, 3.8) is 0 Å². The van der Waals surface area contributed by atoms with Gasteiger partial charge in [0.05, 0.1) is 5.92 Å². The van der Waals surface area contributed by atoms with Crippen LogP contribution in [-0.4, -0.2) is 51.7 Å². The Hall–Kier alpha value is -3.23. The van der Waals surface area contributed by atoms with E-state index in [1.54, 1.807) is 12.1 Å². The maximum atomic E-state index is 12.8. The number of carbonyl (C=O) groups is 5. The lowest BCUT2D eigenvalue weighted by atomic mass is 10.0. The van der Waals surface area contributed by atoms with Gasteiger partial charge in [0, 0.05) is 30.1 Å². The molecule has 9 heteroatoms. The van der Waals surface area contributed by atoms with Crippen molar-refractivity contribution in [2.75, 3.05) is 0 Å². The predicted molar refractivity (Wildman–Crippen MR) is 98.7 cm³/mol. The van der Waals surface area contributed by atoms with Crippen LogP contribution in [0.3, 0.4) is 0 Å². The highest BCUT2D eigenvalue weighted by Gasteiger charge is 2.39. The van der Waals surface area contributed by atoms with Gasteiger partial charge in [0.1, 0.15) is 6.04 Å². The maximum Gasteiger partial charge on any atom is 0.306 e. The summed E-state index contributed by atoms with van der Waals surface area (Å²) in [7, 11) is 0. The van der Waals surface area contributed by atoms with E-state index < -0.39 is 23.8 Å². The van der Waals surface area contributed by atoms with Gasteiger partial charge in [-0.3, -0.25) is 29.3 Å². The van der Waals surface area contributed by atoms with E-state index in [-0.39, 0.29) is 43.1 Å². The summed E-state index contributed by atoms with van der Waals surface area (Å²) in [6, 6.07) is 3.94. The van der Waals surface area contributed by atoms with Gasteiger partial charge in [-0.05, 0) is 43.4 Å². The minimum atomic E-state index is -0.849. The number of hydrogen-bond donors (Lipinski definition) is 3. The zero-order valence-electron chi connectivity index (χ0n) is 15.6. The van der Waals surface area contributed by atoms with E-state index >= 15 is 0 Å². The van der Waals surface area contributed by atoms with Crippen LogP contribution in [0.1, 0.15) is 58.4 Å². The number of piperidine rings is 1. The highest BCUT2D eigenvalue weighted by atomic mass is 16.4. The fraction of sp³-hybridized carbons (Fsp3) is 0.450. The molecule has 3 aliphatic rings. The second kappa shape index (κ2) is 7.31. The normalized spacial score (nSPS) is 26.3. The summed E-state index contributed by atoms with van der Waals surface area (Å²) >= 11 is 0. The van der Waals surface area contributed by atoms with Crippen LogP contribution >= 0.6 is 0 Å². The Bertz CT molecular complexity index is 927. The highest BCUT2D eigenvalue weighted by Crippen LogP contribution is 2.29. The maximum absolute atomic E-state index is 12.8. The van der Waals surface area contributed by atoms with Crippen LogP contribution in [0.15, 0.2) is 18.2 Å². The number of hydrogen-bond acceptors (Lipinski definition) is 5. The van der Waals surface area contributed by atoms with Gasteiger partial charge in [0.2, 0.25) is 11.8 Å². The Balaban J connectivity index is 1.45. The number of rotatable bonds is 4. The summed E-state index contributed by atoms with van der Waals surface area (Å²) < 4.78 is 0. The van der Waals surface area contributed by atoms with Crippen molar-refractivity contribution in [1.82, 2.24) is 15.5 Å². The Morgan fingerprint density at radius 1 is 1.14 bits per heavy atom. The molecule has 2 aliphatic heterocycles. The Labute approximate surface area is 166 Å². The molecule has 9 nitrogen and oxygen atoms in total. The first-order valence-electron chi connectivity index (χ1n) is 9.64. The number of imide groups is 1. The van der Waals surface area contributed by atoms with Crippen LogP contribution in [0.2, 0.25) is 0 Å². The topological polar surface area (TPSA) is 133 Å². The van der Waals surface area contributed by atoms with Crippen LogP contribution < -0.4 is 10.6 Å². The van der Waals surface area contributed by atoms with Gasteiger partial charge in [0.15, 0.2) is 0 Å². The Morgan fingerprint density at radius 3 is 2.62 bits per heavy atom. The first kappa shape index (κ1) is 19.1. The van der Waals surface area contributed by atoms with E-state index in [1.165, 1.54) is 11.0 Å². The third kappa shape index (κ3) is 3.59. The molecule has 0 aromatic heterocycles.